The molecule has 1 saturated carbocycles. The number of hydrogen-bond donors (Lipinski definition) is 0. The minimum absolute atomic E-state index is 0.0952. The fourth-order valence-corrected chi connectivity index (χ4v) is 5.81. The van der Waals surface area contributed by atoms with Crippen molar-refractivity contribution in [2.24, 2.45) is 0 Å². The SMILES string of the molecule is CN1CC(=O)N(c2cccc(F)c2)CC12CCN(S(=O)(=O)C1CC1)C2. The number of carbonyl (C=O) groups excluding carboxylic acids is 1. The van der Waals surface area contributed by atoms with Crippen LogP contribution in [0, 0.1) is 5.82 Å². The fourth-order valence-electron chi connectivity index (χ4n) is 3.89. The Morgan fingerprint density at radius 3 is 2.68 bits per heavy atom. The molecular formula is C17H22FN3O3S. The van der Waals surface area contributed by atoms with Gasteiger partial charge in [0.1, 0.15) is 5.82 Å². The predicted octanol–water partition coefficient (Wildman–Crippen LogP) is 1.04. The molecule has 1 spiro atoms. The van der Waals surface area contributed by atoms with Gasteiger partial charge in [0.25, 0.3) is 0 Å². The highest BCUT2D eigenvalue weighted by Crippen LogP contribution is 2.38. The van der Waals surface area contributed by atoms with E-state index in [1.807, 2.05) is 11.9 Å². The Kier molecular flexibility index (Phi) is 3.90. The molecule has 136 valence electrons. The second kappa shape index (κ2) is 5.75. The Morgan fingerprint density at radius 1 is 1.24 bits per heavy atom. The van der Waals surface area contributed by atoms with Crippen LogP contribution in [0.5, 0.6) is 0 Å². The molecule has 2 aliphatic heterocycles. The van der Waals surface area contributed by atoms with E-state index in [1.54, 1.807) is 21.3 Å². The number of carbonyl (C=O) groups is 1. The average Bonchev–Trinajstić information content (AvgIpc) is 3.33. The zero-order chi connectivity index (χ0) is 17.8. The molecule has 1 amide bonds. The molecule has 0 aromatic heterocycles. The van der Waals surface area contributed by atoms with Crippen molar-refractivity contribution in [3.8, 4) is 0 Å². The van der Waals surface area contributed by atoms with E-state index in [0.29, 0.717) is 31.7 Å². The van der Waals surface area contributed by atoms with E-state index in [4.69, 9.17) is 0 Å². The van der Waals surface area contributed by atoms with E-state index in [2.05, 4.69) is 0 Å². The van der Waals surface area contributed by atoms with Crippen molar-refractivity contribution in [3.05, 3.63) is 30.1 Å². The summed E-state index contributed by atoms with van der Waals surface area (Å²) in [5, 5.41) is -0.225. The van der Waals surface area contributed by atoms with Crippen LogP contribution in [-0.2, 0) is 14.8 Å². The number of sulfonamides is 1. The number of hydrogen-bond acceptors (Lipinski definition) is 4. The lowest BCUT2D eigenvalue weighted by Crippen LogP contribution is -2.64. The van der Waals surface area contributed by atoms with E-state index in [0.717, 1.165) is 12.8 Å². The van der Waals surface area contributed by atoms with Gasteiger partial charge in [-0.25, -0.2) is 12.8 Å². The number of amides is 1. The van der Waals surface area contributed by atoms with Crippen LogP contribution in [0.1, 0.15) is 19.3 Å². The highest BCUT2D eigenvalue weighted by molar-refractivity contribution is 7.90. The van der Waals surface area contributed by atoms with Crippen molar-refractivity contribution in [3.63, 3.8) is 0 Å². The van der Waals surface area contributed by atoms with Gasteiger partial charge in [-0.1, -0.05) is 6.07 Å². The van der Waals surface area contributed by atoms with E-state index in [9.17, 15) is 17.6 Å². The second-order valence-electron chi connectivity index (χ2n) is 7.37. The maximum absolute atomic E-state index is 13.6. The maximum Gasteiger partial charge on any atom is 0.241 e. The topological polar surface area (TPSA) is 60.9 Å². The fraction of sp³-hybridized carbons (Fsp3) is 0.588. The molecule has 0 bridgehead atoms. The molecule has 6 nitrogen and oxygen atoms in total. The zero-order valence-corrected chi connectivity index (χ0v) is 15.0. The van der Waals surface area contributed by atoms with Crippen LogP contribution < -0.4 is 4.90 Å². The minimum atomic E-state index is -3.22. The van der Waals surface area contributed by atoms with Crippen molar-refractivity contribution >= 4 is 21.6 Å². The number of halogens is 1. The summed E-state index contributed by atoms with van der Waals surface area (Å²) in [6.45, 7) is 1.45. The monoisotopic (exact) mass is 367 g/mol. The lowest BCUT2D eigenvalue weighted by atomic mass is 9.92. The number of anilines is 1. The molecular weight excluding hydrogens is 345 g/mol. The molecule has 8 heteroatoms. The van der Waals surface area contributed by atoms with Gasteiger partial charge in [-0.15, -0.1) is 0 Å². The molecule has 0 radical (unpaired) electrons. The van der Waals surface area contributed by atoms with Crippen LogP contribution in [0.25, 0.3) is 0 Å². The van der Waals surface area contributed by atoms with Crippen LogP contribution in [-0.4, -0.2) is 67.5 Å². The Morgan fingerprint density at radius 2 is 2.00 bits per heavy atom. The summed E-state index contributed by atoms with van der Waals surface area (Å²) in [6, 6.07) is 6.00. The summed E-state index contributed by atoms with van der Waals surface area (Å²) in [7, 11) is -1.35. The number of likely N-dealkylation sites (N-methyl/N-ethyl adjacent to an activating group) is 1. The Hall–Kier alpha value is -1.51. The summed E-state index contributed by atoms with van der Waals surface area (Å²) >= 11 is 0. The second-order valence-corrected chi connectivity index (χ2v) is 9.58. The highest BCUT2D eigenvalue weighted by atomic mass is 32.2. The van der Waals surface area contributed by atoms with Crippen molar-refractivity contribution in [1.82, 2.24) is 9.21 Å². The third kappa shape index (κ3) is 2.86. The van der Waals surface area contributed by atoms with E-state index in [-0.39, 0.29) is 23.5 Å². The minimum Gasteiger partial charge on any atom is -0.309 e. The molecule has 3 fully saturated rings. The summed E-state index contributed by atoms with van der Waals surface area (Å²) in [6.07, 6.45) is 2.17. The number of benzene rings is 1. The third-order valence-electron chi connectivity index (χ3n) is 5.66. The van der Waals surface area contributed by atoms with Crippen molar-refractivity contribution in [2.75, 3.05) is 38.1 Å². The van der Waals surface area contributed by atoms with Gasteiger partial charge in [-0.05, 0) is 44.5 Å². The van der Waals surface area contributed by atoms with Crippen molar-refractivity contribution in [2.45, 2.75) is 30.1 Å². The predicted molar refractivity (Wildman–Crippen MR) is 92.2 cm³/mol. The molecule has 3 aliphatic rings. The lowest BCUT2D eigenvalue weighted by Gasteiger charge is -2.46. The number of nitrogens with zero attached hydrogens (tertiary/aromatic N) is 3. The maximum atomic E-state index is 13.6. The van der Waals surface area contributed by atoms with Gasteiger partial charge in [0, 0.05) is 25.3 Å². The summed E-state index contributed by atoms with van der Waals surface area (Å²) in [5.41, 5.74) is 0.114. The van der Waals surface area contributed by atoms with Crippen LogP contribution in [0.2, 0.25) is 0 Å². The van der Waals surface area contributed by atoms with E-state index >= 15 is 0 Å². The molecule has 0 N–H and O–H groups in total. The highest BCUT2D eigenvalue weighted by Gasteiger charge is 2.52. The Labute approximate surface area is 147 Å². The normalized spacial score (nSPS) is 28.9. The molecule has 1 aromatic rings. The molecule has 1 aromatic carbocycles. The molecule has 25 heavy (non-hydrogen) atoms. The number of rotatable bonds is 3. The smallest absolute Gasteiger partial charge is 0.241 e. The standard InChI is InChI=1S/C17H22FN3O3S/c1-19-10-16(22)21(14-4-2-3-13(18)9-14)12-17(19)7-8-20(11-17)25(23,24)15-5-6-15/h2-4,9,15H,5-8,10-12H2,1H3. The molecule has 1 aliphatic carbocycles. The van der Waals surface area contributed by atoms with Crippen LogP contribution >= 0.6 is 0 Å². The van der Waals surface area contributed by atoms with Gasteiger partial charge in [0.05, 0.1) is 17.3 Å². The summed E-state index contributed by atoms with van der Waals surface area (Å²) < 4.78 is 40.3. The Bertz CT molecular complexity index is 811. The first-order chi connectivity index (χ1) is 11.8. The van der Waals surface area contributed by atoms with Crippen molar-refractivity contribution in [1.29, 1.82) is 0 Å². The lowest BCUT2D eigenvalue weighted by molar-refractivity contribution is -0.123. The van der Waals surface area contributed by atoms with Gasteiger partial charge < -0.3 is 4.90 Å². The summed E-state index contributed by atoms with van der Waals surface area (Å²) in [5.74, 6) is -0.482. The average molecular weight is 367 g/mol. The van der Waals surface area contributed by atoms with Crippen LogP contribution in [0.4, 0.5) is 10.1 Å². The van der Waals surface area contributed by atoms with Gasteiger partial charge in [-0.3, -0.25) is 9.69 Å². The van der Waals surface area contributed by atoms with Crippen LogP contribution in [0.15, 0.2) is 24.3 Å². The van der Waals surface area contributed by atoms with Gasteiger partial charge in [0.15, 0.2) is 0 Å². The van der Waals surface area contributed by atoms with Gasteiger partial charge in [0.2, 0.25) is 15.9 Å². The zero-order valence-electron chi connectivity index (χ0n) is 14.2. The van der Waals surface area contributed by atoms with Crippen LogP contribution in [0.3, 0.4) is 0 Å². The first-order valence-electron chi connectivity index (χ1n) is 8.58. The Balaban J connectivity index is 1.60. The molecule has 1 atom stereocenters. The summed E-state index contributed by atoms with van der Waals surface area (Å²) in [4.78, 5) is 16.0. The first-order valence-corrected chi connectivity index (χ1v) is 10.1. The van der Waals surface area contributed by atoms with Gasteiger partial charge in [-0.2, -0.15) is 4.31 Å². The molecule has 2 saturated heterocycles. The molecule has 2 heterocycles. The largest absolute Gasteiger partial charge is 0.309 e. The first kappa shape index (κ1) is 16.9. The van der Waals surface area contributed by atoms with Gasteiger partial charge >= 0.3 is 0 Å². The molecule has 1 unspecified atom stereocenters. The third-order valence-corrected chi connectivity index (χ3v) is 8.00. The molecule has 4 rings (SSSR count). The van der Waals surface area contributed by atoms with Crippen molar-refractivity contribution < 1.29 is 17.6 Å². The quantitative estimate of drug-likeness (QED) is 0.801. The van der Waals surface area contributed by atoms with E-state index in [1.165, 1.54) is 12.1 Å². The number of piperazine rings is 1. The van der Waals surface area contributed by atoms with E-state index < -0.39 is 15.6 Å².